The first kappa shape index (κ1) is 16.6. The molecule has 1 N–H and O–H groups in total. The largest absolute Gasteiger partial charge is 0.345 e. The Balaban J connectivity index is 2.05. The molecule has 5 heteroatoms. The number of alkyl halides is 1. The highest BCUT2D eigenvalue weighted by Crippen LogP contribution is 2.14. The summed E-state index contributed by atoms with van der Waals surface area (Å²) in [6.07, 6.45) is 3.18. The molecule has 1 atom stereocenters. The van der Waals surface area contributed by atoms with Crippen molar-refractivity contribution < 1.29 is 9.18 Å². The van der Waals surface area contributed by atoms with Crippen molar-refractivity contribution in [1.29, 1.82) is 0 Å². The van der Waals surface area contributed by atoms with Gasteiger partial charge in [0, 0.05) is 18.0 Å². The van der Waals surface area contributed by atoms with Crippen molar-refractivity contribution in [2.45, 2.75) is 32.5 Å². The fourth-order valence-corrected chi connectivity index (χ4v) is 1.62. The Morgan fingerprint density at radius 1 is 1.22 bits per heavy atom. The Morgan fingerprint density at radius 2 is 2.00 bits per heavy atom. The number of hydrogen-bond acceptors (Lipinski definition) is 3. The molecule has 0 saturated heterocycles. The average Bonchev–Trinajstić information content (AvgIpc) is 2.53. The first-order chi connectivity index (χ1) is 10.9. The summed E-state index contributed by atoms with van der Waals surface area (Å²) >= 11 is 0. The number of nitrogens with zero attached hydrogens (tertiary/aromatic N) is 2. The molecule has 2 aromatic rings. The summed E-state index contributed by atoms with van der Waals surface area (Å²) in [5.74, 6) is 5.43. The molecule has 0 aliphatic heterocycles. The Labute approximate surface area is 135 Å². The molecule has 0 unspecified atom stereocenters. The van der Waals surface area contributed by atoms with Crippen LogP contribution in [0.25, 0.3) is 0 Å². The highest BCUT2D eigenvalue weighted by Gasteiger charge is 2.26. The van der Waals surface area contributed by atoms with Gasteiger partial charge in [-0.2, -0.15) is 0 Å². The van der Waals surface area contributed by atoms with E-state index in [1.165, 1.54) is 20.0 Å². The lowest BCUT2D eigenvalue weighted by Crippen LogP contribution is -2.44. The van der Waals surface area contributed by atoms with Gasteiger partial charge >= 0.3 is 0 Å². The lowest BCUT2D eigenvalue weighted by Gasteiger charge is -2.23. The van der Waals surface area contributed by atoms with Gasteiger partial charge in [-0.05, 0) is 51.0 Å². The first-order valence-electron chi connectivity index (χ1n) is 7.25. The number of pyridine rings is 2. The number of carbonyl (C=O) groups excluding carboxylic acids is 1. The fraction of sp³-hybridized carbons (Fsp3) is 0.278. The van der Waals surface area contributed by atoms with Crippen LogP contribution < -0.4 is 5.32 Å². The summed E-state index contributed by atoms with van der Waals surface area (Å²) in [6.45, 7) is 4.45. The smallest absolute Gasteiger partial charge is 0.270 e. The average molecular weight is 311 g/mol. The highest BCUT2D eigenvalue weighted by molar-refractivity contribution is 5.92. The molecule has 4 nitrogen and oxygen atoms in total. The second-order valence-electron chi connectivity index (χ2n) is 5.66. The van der Waals surface area contributed by atoms with E-state index in [1.54, 1.807) is 25.3 Å². The van der Waals surface area contributed by atoms with Crippen LogP contribution in [0.3, 0.4) is 0 Å². The number of nitrogens with one attached hydrogen (secondary N) is 1. The van der Waals surface area contributed by atoms with Crippen LogP contribution in [0.5, 0.6) is 0 Å². The maximum Gasteiger partial charge on any atom is 0.270 e. The molecular formula is C18H18FN3O. The lowest BCUT2D eigenvalue weighted by atomic mass is 10.0. The zero-order chi connectivity index (χ0) is 16.9. The van der Waals surface area contributed by atoms with Gasteiger partial charge in [0.1, 0.15) is 17.1 Å². The summed E-state index contributed by atoms with van der Waals surface area (Å²) in [6, 6.07) is 8.14. The molecule has 2 heterocycles. The van der Waals surface area contributed by atoms with Crippen molar-refractivity contribution in [3.05, 3.63) is 59.7 Å². The summed E-state index contributed by atoms with van der Waals surface area (Å²) in [7, 11) is 0. The van der Waals surface area contributed by atoms with Crippen LogP contribution in [0, 0.1) is 11.8 Å². The summed E-state index contributed by atoms with van der Waals surface area (Å²) in [5.41, 5.74) is 0.0629. The van der Waals surface area contributed by atoms with E-state index in [-0.39, 0.29) is 5.69 Å². The number of hydrogen-bond donors (Lipinski definition) is 1. The van der Waals surface area contributed by atoms with Gasteiger partial charge in [0.25, 0.3) is 5.91 Å². The lowest BCUT2D eigenvalue weighted by molar-refractivity contribution is 0.0858. The van der Waals surface area contributed by atoms with Crippen LogP contribution in [0.4, 0.5) is 4.39 Å². The van der Waals surface area contributed by atoms with Gasteiger partial charge in [0.05, 0.1) is 6.04 Å². The highest BCUT2D eigenvalue weighted by atomic mass is 19.1. The molecule has 0 aliphatic rings. The van der Waals surface area contributed by atoms with Gasteiger partial charge < -0.3 is 5.32 Å². The molecule has 0 fully saturated rings. The third-order valence-corrected chi connectivity index (χ3v) is 3.37. The number of amides is 1. The molecule has 0 aliphatic carbocycles. The predicted molar refractivity (Wildman–Crippen MR) is 86.6 cm³/mol. The van der Waals surface area contributed by atoms with Crippen molar-refractivity contribution in [2.24, 2.45) is 0 Å². The fourth-order valence-electron chi connectivity index (χ4n) is 1.62. The number of rotatable bonds is 3. The van der Waals surface area contributed by atoms with Crippen molar-refractivity contribution in [3.8, 4) is 11.8 Å². The first-order valence-corrected chi connectivity index (χ1v) is 7.25. The normalized spacial score (nSPS) is 12.0. The van der Waals surface area contributed by atoms with Crippen molar-refractivity contribution in [2.75, 3.05) is 0 Å². The minimum Gasteiger partial charge on any atom is -0.345 e. The zero-order valence-electron chi connectivity index (χ0n) is 13.3. The van der Waals surface area contributed by atoms with Gasteiger partial charge in [0.2, 0.25) is 0 Å². The Kier molecular flexibility index (Phi) is 5.07. The molecule has 0 saturated carbocycles. The molecule has 2 rings (SSSR count). The maximum atomic E-state index is 13.7. The van der Waals surface area contributed by atoms with Crippen LogP contribution in [0.2, 0.25) is 0 Å². The van der Waals surface area contributed by atoms with Gasteiger partial charge in [-0.25, -0.2) is 14.4 Å². The molecule has 1 amide bonds. The summed E-state index contributed by atoms with van der Waals surface area (Å²) < 4.78 is 13.7. The number of aromatic nitrogens is 2. The molecule has 0 aromatic carbocycles. The SMILES string of the molecule is C[C@@H](NC(=O)c1ccc(C#Cc2ccccn2)cn1)C(C)(C)F. The van der Waals surface area contributed by atoms with E-state index in [0.717, 1.165) is 0 Å². The van der Waals surface area contributed by atoms with Crippen LogP contribution in [-0.2, 0) is 0 Å². The predicted octanol–water partition coefficient (Wildman–Crippen LogP) is 2.74. The van der Waals surface area contributed by atoms with E-state index < -0.39 is 17.6 Å². The molecule has 23 heavy (non-hydrogen) atoms. The Bertz CT molecular complexity index is 725. The topological polar surface area (TPSA) is 54.9 Å². The van der Waals surface area contributed by atoms with E-state index in [4.69, 9.17) is 0 Å². The quantitative estimate of drug-likeness (QED) is 0.887. The summed E-state index contributed by atoms with van der Waals surface area (Å²) in [5, 5.41) is 2.59. The van der Waals surface area contributed by atoms with Crippen molar-refractivity contribution >= 4 is 5.91 Å². The molecule has 0 bridgehead atoms. The van der Waals surface area contributed by atoms with Crippen LogP contribution in [0.15, 0.2) is 42.7 Å². The minimum atomic E-state index is -1.50. The van der Waals surface area contributed by atoms with Gasteiger partial charge in [-0.15, -0.1) is 0 Å². The van der Waals surface area contributed by atoms with Gasteiger partial charge in [-0.1, -0.05) is 12.0 Å². The standard InChI is InChI=1S/C18H18FN3O/c1-13(18(2,3)19)22-17(23)16-10-8-14(12-21-16)7-9-15-6-4-5-11-20-15/h4-6,8,10-13H,1-3H3,(H,22,23)/t13-/m1/s1. The van der Waals surface area contributed by atoms with Crippen LogP contribution in [0.1, 0.15) is 42.5 Å². The van der Waals surface area contributed by atoms with Gasteiger partial charge in [-0.3, -0.25) is 4.79 Å². The zero-order valence-corrected chi connectivity index (χ0v) is 13.3. The van der Waals surface area contributed by atoms with Crippen molar-refractivity contribution in [1.82, 2.24) is 15.3 Å². The monoisotopic (exact) mass is 311 g/mol. The van der Waals surface area contributed by atoms with E-state index in [1.807, 2.05) is 18.2 Å². The van der Waals surface area contributed by atoms with Crippen LogP contribution in [-0.4, -0.2) is 27.6 Å². The Morgan fingerprint density at radius 3 is 2.57 bits per heavy atom. The Hall–Kier alpha value is -2.74. The molecular weight excluding hydrogens is 293 g/mol. The second kappa shape index (κ2) is 7.01. The third kappa shape index (κ3) is 4.89. The molecule has 0 radical (unpaired) electrons. The molecule has 118 valence electrons. The second-order valence-corrected chi connectivity index (χ2v) is 5.66. The maximum absolute atomic E-state index is 13.7. The van der Waals surface area contributed by atoms with Crippen LogP contribution >= 0.6 is 0 Å². The van der Waals surface area contributed by atoms with E-state index >= 15 is 0 Å². The van der Waals surface area contributed by atoms with Gasteiger partial charge in [0.15, 0.2) is 0 Å². The number of carbonyl (C=O) groups is 1. The number of halogens is 1. The van der Waals surface area contributed by atoms with Crippen molar-refractivity contribution in [3.63, 3.8) is 0 Å². The van der Waals surface area contributed by atoms with E-state index in [0.29, 0.717) is 11.3 Å². The third-order valence-electron chi connectivity index (χ3n) is 3.37. The molecule has 2 aromatic heterocycles. The van der Waals surface area contributed by atoms with E-state index in [2.05, 4.69) is 27.1 Å². The molecule has 0 spiro atoms. The minimum absolute atomic E-state index is 0.226. The summed E-state index contributed by atoms with van der Waals surface area (Å²) in [4.78, 5) is 20.2. The van der Waals surface area contributed by atoms with E-state index in [9.17, 15) is 9.18 Å².